The zero-order valence-electron chi connectivity index (χ0n) is 10.7. The highest BCUT2D eigenvalue weighted by Gasteiger charge is 2.01. The number of phenolic OH excluding ortho intramolecular Hbond substituents is 1. The molecule has 0 aliphatic rings. The van der Waals surface area contributed by atoms with Crippen molar-refractivity contribution in [2.75, 3.05) is 5.32 Å². The van der Waals surface area contributed by atoms with Gasteiger partial charge < -0.3 is 15.7 Å². The fourth-order valence-electron chi connectivity index (χ4n) is 1.66. The number of nitrogens with one attached hydrogen (secondary N) is 2. The summed E-state index contributed by atoms with van der Waals surface area (Å²) in [6.45, 7) is 2.36. The summed E-state index contributed by atoms with van der Waals surface area (Å²) < 4.78 is 0. The minimum absolute atomic E-state index is 0.193. The molecular weight excluding hydrogens is 240 g/mol. The predicted molar refractivity (Wildman–Crippen MR) is 75.1 cm³/mol. The molecule has 0 aliphatic carbocycles. The second kappa shape index (κ2) is 5.91. The molecule has 3 N–H and O–H groups in total. The van der Waals surface area contributed by atoms with Crippen molar-refractivity contribution >= 4 is 11.7 Å². The maximum atomic E-state index is 11.7. The van der Waals surface area contributed by atoms with Crippen molar-refractivity contribution in [3.63, 3.8) is 0 Å². The molecule has 4 heteroatoms. The Kier molecular flexibility index (Phi) is 4.03. The second-order valence-corrected chi connectivity index (χ2v) is 4.34. The highest BCUT2D eigenvalue weighted by atomic mass is 16.3. The SMILES string of the molecule is Cc1ccc(NC(=O)NCc2cccc(O)c2)cc1. The van der Waals surface area contributed by atoms with Crippen molar-refractivity contribution in [1.82, 2.24) is 5.32 Å². The van der Waals surface area contributed by atoms with Crippen LogP contribution in [-0.2, 0) is 6.54 Å². The Bertz CT molecular complexity index is 565. The minimum Gasteiger partial charge on any atom is -0.508 e. The van der Waals surface area contributed by atoms with E-state index >= 15 is 0 Å². The van der Waals surface area contributed by atoms with Crippen molar-refractivity contribution in [3.05, 3.63) is 59.7 Å². The van der Waals surface area contributed by atoms with Crippen LogP contribution in [0.3, 0.4) is 0 Å². The molecule has 4 nitrogen and oxygen atoms in total. The number of anilines is 1. The lowest BCUT2D eigenvalue weighted by Gasteiger charge is -2.08. The van der Waals surface area contributed by atoms with Crippen LogP contribution in [0.15, 0.2) is 48.5 Å². The van der Waals surface area contributed by atoms with Gasteiger partial charge >= 0.3 is 6.03 Å². The Morgan fingerprint density at radius 3 is 2.58 bits per heavy atom. The summed E-state index contributed by atoms with van der Waals surface area (Å²) in [5.41, 5.74) is 2.74. The molecule has 2 rings (SSSR count). The Balaban J connectivity index is 1.86. The number of phenols is 1. The molecule has 2 amide bonds. The Hall–Kier alpha value is -2.49. The van der Waals surface area contributed by atoms with E-state index in [4.69, 9.17) is 0 Å². The standard InChI is InChI=1S/C15H16N2O2/c1-11-5-7-13(8-6-11)17-15(19)16-10-12-3-2-4-14(18)9-12/h2-9,18H,10H2,1H3,(H2,16,17,19). The van der Waals surface area contributed by atoms with Gasteiger partial charge in [-0.15, -0.1) is 0 Å². The number of rotatable bonds is 3. The lowest BCUT2D eigenvalue weighted by molar-refractivity contribution is 0.251. The molecule has 0 fully saturated rings. The first kappa shape index (κ1) is 13.0. The minimum atomic E-state index is -0.271. The second-order valence-electron chi connectivity index (χ2n) is 4.34. The van der Waals surface area contributed by atoms with Gasteiger partial charge in [0.05, 0.1) is 0 Å². The van der Waals surface area contributed by atoms with Crippen LogP contribution in [0.1, 0.15) is 11.1 Å². The van der Waals surface area contributed by atoms with Gasteiger partial charge in [-0.2, -0.15) is 0 Å². The molecule has 0 aromatic heterocycles. The molecule has 0 saturated carbocycles. The van der Waals surface area contributed by atoms with E-state index in [9.17, 15) is 9.90 Å². The van der Waals surface area contributed by atoms with Crippen LogP contribution in [0.2, 0.25) is 0 Å². The normalized spacial score (nSPS) is 9.95. The average molecular weight is 256 g/mol. The van der Waals surface area contributed by atoms with Crippen LogP contribution in [0.4, 0.5) is 10.5 Å². The highest BCUT2D eigenvalue weighted by molar-refractivity contribution is 5.89. The number of urea groups is 1. The summed E-state index contributed by atoms with van der Waals surface area (Å²) in [5, 5.41) is 14.8. The number of hydrogen-bond donors (Lipinski definition) is 3. The summed E-state index contributed by atoms with van der Waals surface area (Å²) in [7, 11) is 0. The van der Waals surface area contributed by atoms with Gasteiger partial charge in [0, 0.05) is 12.2 Å². The van der Waals surface area contributed by atoms with E-state index in [1.165, 1.54) is 0 Å². The third-order valence-electron chi connectivity index (χ3n) is 2.67. The van der Waals surface area contributed by atoms with Crippen molar-refractivity contribution in [2.45, 2.75) is 13.5 Å². The molecule has 0 saturated heterocycles. The summed E-state index contributed by atoms with van der Waals surface area (Å²) in [6.07, 6.45) is 0. The summed E-state index contributed by atoms with van der Waals surface area (Å²) in [6, 6.07) is 14.1. The van der Waals surface area contributed by atoms with E-state index in [1.807, 2.05) is 37.3 Å². The zero-order chi connectivity index (χ0) is 13.7. The molecule has 0 heterocycles. The molecule has 2 aromatic rings. The topological polar surface area (TPSA) is 61.4 Å². The molecule has 0 radical (unpaired) electrons. The van der Waals surface area contributed by atoms with Crippen molar-refractivity contribution < 1.29 is 9.90 Å². The van der Waals surface area contributed by atoms with Gasteiger partial charge in [-0.05, 0) is 36.8 Å². The number of aryl methyl sites for hydroxylation is 1. The third-order valence-corrected chi connectivity index (χ3v) is 2.67. The van der Waals surface area contributed by atoms with Crippen molar-refractivity contribution in [2.24, 2.45) is 0 Å². The van der Waals surface area contributed by atoms with Crippen LogP contribution in [0.25, 0.3) is 0 Å². The van der Waals surface area contributed by atoms with Crippen LogP contribution in [-0.4, -0.2) is 11.1 Å². The fraction of sp³-hybridized carbons (Fsp3) is 0.133. The maximum Gasteiger partial charge on any atom is 0.319 e. The molecule has 0 atom stereocenters. The largest absolute Gasteiger partial charge is 0.508 e. The van der Waals surface area contributed by atoms with E-state index in [2.05, 4.69) is 10.6 Å². The molecule has 0 aliphatic heterocycles. The van der Waals surface area contributed by atoms with Gasteiger partial charge in [-0.1, -0.05) is 29.8 Å². The first-order valence-electron chi connectivity index (χ1n) is 6.03. The van der Waals surface area contributed by atoms with Crippen LogP contribution < -0.4 is 10.6 Å². The van der Waals surface area contributed by atoms with E-state index in [-0.39, 0.29) is 11.8 Å². The van der Waals surface area contributed by atoms with E-state index in [0.717, 1.165) is 16.8 Å². The molecule has 0 bridgehead atoms. The molecule has 0 spiro atoms. The van der Waals surface area contributed by atoms with Gasteiger partial charge in [0.15, 0.2) is 0 Å². The Labute approximate surface area is 112 Å². The molecular formula is C15H16N2O2. The average Bonchev–Trinajstić information content (AvgIpc) is 2.39. The molecule has 2 aromatic carbocycles. The predicted octanol–water partition coefficient (Wildman–Crippen LogP) is 3.02. The van der Waals surface area contributed by atoms with Gasteiger partial charge in [0.1, 0.15) is 5.75 Å². The van der Waals surface area contributed by atoms with Gasteiger partial charge in [-0.3, -0.25) is 0 Å². The van der Waals surface area contributed by atoms with Crippen LogP contribution in [0.5, 0.6) is 5.75 Å². The number of aromatic hydroxyl groups is 1. The van der Waals surface area contributed by atoms with Crippen LogP contribution in [0, 0.1) is 6.92 Å². The van der Waals surface area contributed by atoms with E-state index < -0.39 is 0 Å². The fourth-order valence-corrected chi connectivity index (χ4v) is 1.66. The number of benzene rings is 2. The quantitative estimate of drug-likeness (QED) is 0.790. The lowest BCUT2D eigenvalue weighted by Crippen LogP contribution is -2.28. The number of carbonyl (C=O) groups excluding carboxylic acids is 1. The smallest absolute Gasteiger partial charge is 0.319 e. The summed E-state index contributed by atoms with van der Waals surface area (Å²) in [4.78, 5) is 11.7. The van der Waals surface area contributed by atoms with Crippen LogP contribution >= 0.6 is 0 Å². The van der Waals surface area contributed by atoms with Gasteiger partial charge in [0.2, 0.25) is 0 Å². The Morgan fingerprint density at radius 2 is 1.89 bits per heavy atom. The number of amides is 2. The monoisotopic (exact) mass is 256 g/mol. The Morgan fingerprint density at radius 1 is 1.16 bits per heavy atom. The molecule has 19 heavy (non-hydrogen) atoms. The first-order chi connectivity index (χ1) is 9.13. The number of carbonyl (C=O) groups is 1. The molecule has 98 valence electrons. The van der Waals surface area contributed by atoms with E-state index in [1.54, 1.807) is 18.2 Å². The van der Waals surface area contributed by atoms with Gasteiger partial charge in [-0.25, -0.2) is 4.79 Å². The lowest BCUT2D eigenvalue weighted by atomic mass is 10.2. The van der Waals surface area contributed by atoms with Gasteiger partial charge in [0.25, 0.3) is 0 Å². The highest BCUT2D eigenvalue weighted by Crippen LogP contribution is 2.11. The maximum absolute atomic E-state index is 11.7. The number of hydrogen-bond acceptors (Lipinski definition) is 2. The zero-order valence-corrected chi connectivity index (χ0v) is 10.7. The summed E-state index contributed by atoms with van der Waals surface area (Å²) in [5.74, 6) is 0.193. The first-order valence-corrected chi connectivity index (χ1v) is 6.03. The molecule has 0 unspecified atom stereocenters. The van der Waals surface area contributed by atoms with Crippen molar-refractivity contribution in [1.29, 1.82) is 0 Å². The summed E-state index contributed by atoms with van der Waals surface area (Å²) >= 11 is 0. The third kappa shape index (κ3) is 4.03. The van der Waals surface area contributed by atoms with E-state index in [0.29, 0.717) is 6.54 Å². The van der Waals surface area contributed by atoms with Crippen molar-refractivity contribution in [3.8, 4) is 5.75 Å².